The molecule has 3 aromatic carbocycles. The lowest BCUT2D eigenvalue weighted by molar-refractivity contribution is 0.00692. The van der Waals surface area contributed by atoms with E-state index in [0.717, 1.165) is 37.0 Å². The number of esters is 1. The highest BCUT2D eigenvalue weighted by Crippen LogP contribution is 2.36. The van der Waals surface area contributed by atoms with Crippen molar-refractivity contribution >= 4 is 17.8 Å². The van der Waals surface area contributed by atoms with Gasteiger partial charge in [-0.3, -0.25) is 4.79 Å². The third-order valence-electron chi connectivity index (χ3n) is 8.37. The Labute approximate surface area is 282 Å². The highest BCUT2D eigenvalue weighted by molar-refractivity contribution is 6.06. The number of nitrogens with zero attached hydrogens (tertiary/aromatic N) is 3. The molecule has 1 amide bonds. The summed E-state index contributed by atoms with van der Waals surface area (Å²) in [5, 5.41) is 15.1. The fourth-order valence-corrected chi connectivity index (χ4v) is 5.93. The van der Waals surface area contributed by atoms with Crippen LogP contribution >= 0.6 is 0 Å². The number of unbranched alkanes of at least 4 members (excludes halogenated alkanes) is 2. The minimum atomic E-state index is -1.21. The fraction of sp³-hybridized carbons (Fsp3) is 0.385. The molecule has 2 heterocycles. The highest BCUT2D eigenvalue weighted by Gasteiger charge is 2.31. The Bertz CT molecular complexity index is 1780. The molecule has 1 aliphatic heterocycles. The maximum Gasteiger partial charge on any atom is 0.357 e. The zero-order valence-electron chi connectivity index (χ0n) is 28.5. The predicted octanol–water partition coefficient (Wildman–Crippen LogP) is 7.91. The van der Waals surface area contributed by atoms with E-state index in [4.69, 9.17) is 9.47 Å². The topological polar surface area (TPSA) is 111 Å². The van der Waals surface area contributed by atoms with Crippen molar-refractivity contribution in [2.45, 2.75) is 85.3 Å². The lowest BCUT2D eigenvalue weighted by Crippen LogP contribution is -2.36. The molecule has 48 heavy (non-hydrogen) atoms. The first-order valence-electron chi connectivity index (χ1n) is 16.8. The number of ether oxygens (including phenoxy) is 2. The molecule has 5 rings (SSSR count). The molecule has 0 aliphatic carbocycles. The van der Waals surface area contributed by atoms with E-state index in [2.05, 4.69) is 25.0 Å². The number of hydrogen-bond donors (Lipinski definition) is 1. The van der Waals surface area contributed by atoms with E-state index in [1.807, 2.05) is 42.5 Å². The molecule has 0 fully saturated rings. The smallest absolute Gasteiger partial charge is 0.357 e. The van der Waals surface area contributed by atoms with Crippen LogP contribution < -0.4 is 4.74 Å². The van der Waals surface area contributed by atoms with Gasteiger partial charge in [0.15, 0.2) is 5.69 Å². The van der Waals surface area contributed by atoms with Crippen molar-refractivity contribution in [2.75, 3.05) is 13.2 Å². The second-order valence-electron chi connectivity index (χ2n) is 13.2. The molecule has 9 heteroatoms. The number of amides is 1. The Morgan fingerprint density at radius 1 is 0.917 bits per heavy atom. The number of carbonyl (C=O) groups excluding carboxylic acids is 2. The third-order valence-corrected chi connectivity index (χ3v) is 8.37. The van der Waals surface area contributed by atoms with Crippen LogP contribution in [-0.2, 0) is 24.1 Å². The third kappa shape index (κ3) is 7.78. The normalized spacial score (nSPS) is 12.8. The molecular weight excluding hydrogens is 606 g/mol. The van der Waals surface area contributed by atoms with Crippen LogP contribution in [0.25, 0.3) is 16.8 Å². The molecule has 0 saturated heterocycles. The van der Waals surface area contributed by atoms with Gasteiger partial charge in [0.2, 0.25) is 0 Å². The average Bonchev–Trinajstić information content (AvgIpc) is 3.45. The summed E-state index contributed by atoms with van der Waals surface area (Å²) in [5.74, 6) is -1.33. The summed E-state index contributed by atoms with van der Waals surface area (Å²) >= 11 is 0. The van der Waals surface area contributed by atoms with Crippen LogP contribution in [0.15, 0.2) is 66.7 Å². The second kappa shape index (κ2) is 14.9. The number of aromatic carboxylic acids is 1. The Morgan fingerprint density at radius 2 is 1.62 bits per heavy atom. The molecule has 1 aromatic heterocycles. The van der Waals surface area contributed by atoms with Gasteiger partial charge in [-0.15, -0.1) is 0 Å². The van der Waals surface area contributed by atoms with Gasteiger partial charge < -0.3 is 19.5 Å². The number of carboxylic acid groups (broad SMARTS) is 1. The van der Waals surface area contributed by atoms with Gasteiger partial charge in [-0.1, -0.05) is 57.0 Å². The minimum absolute atomic E-state index is 0.160. The Kier molecular flexibility index (Phi) is 10.7. The molecule has 9 nitrogen and oxygen atoms in total. The monoisotopic (exact) mass is 651 g/mol. The lowest BCUT2D eigenvalue weighted by atomic mass is 9.92. The molecule has 0 spiro atoms. The van der Waals surface area contributed by atoms with E-state index in [9.17, 15) is 19.5 Å². The first-order valence-corrected chi connectivity index (χ1v) is 16.8. The maximum absolute atomic E-state index is 14.5. The van der Waals surface area contributed by atoms with Crippen LogP contribution in [0.2, 0.25) is 0 Å². The summed E-state index contributed by atoms with van der Waals surface area (Å²) in [6, 6.07) is 20.3. The summed E-state index contributed by atoms with van der Waals surface area (Å²) in [6.07, 6.45) is 4.85. The van der Waals surface area contributed by atoms with Crippen molar-refractivity contribution in [1.82, 2.24) is 14.7 Å². The van der Waals surface area contributed by atoms with Gasteiger partial charge >= 0.3 is 11.9 Å². The zero-order valence-corrected chi connectivity index (χ0v) is 28.5. The SMILES string of the molecule is CCCCOc1ccc(-n2nc(C(=O)O)c(-c3ccc(C(=O)OC(C)(C)C)cc3C(=O)N3CCc4ccccc4C3)c2CCCC)cc1. The van der Waals surface area contributed by atoms with E-state index >= 15 is 0 Å². The number of carbonyl (C=O) groups is 3. The van der Waals surface area contributed by atoms with Crippen LogP contribution in [-0.4, -0.2) is 56.4 Å². The first-order chi connectivity index (χ1) is 23.0. The lowest BCUT2D eigenvalue weighted by Gasteiger charge is -2.30. The number of hydrogen-bond acceptors (Lipinski definition) is 6. The number of aromatic nitrogens is 2. The minimum Gasteiger partial charge on any atom is -0.494 e. The Morgan fingerprint density at radius 3 is 2.29 bits per heavy atom. The molecule has 0 radical (unpaired) electrons. The van der Waals surface area contributed by atoms with Crippen molar-refractivity contribution in [3.8, 4) is 22.6 Å². The van der Waals surface area contributed by atoms with E-state index < -0.39 is 17.5 Å². The summed E-state index contributed by atoms with van der Waals surface area (Å²) in [7, 11) is 0. The standard InChI is InChI=1S/C39H45N3O6/c1-6-8-14-33-34(35(37(44)45)40-42(33)29-16-18-30(19-17-29)47-23-9-7-2)31-20-15-27(38(46)48-39(3,4)5)24-32(31)36(43)41-22-21-26-12-10-11-13-28(26)25-41/h10-13,15-20,24H,6-9,14,21-23,25H2,1-5H3,(H,44,45). The molecule has 0 bridgehead atoms. The molecule has 0 saturated carbocycles. The highest BCUT2D eigenvalue weighted by atomic mass is 16.6. The molecule has 1 aliphatic rings. The maximum atomic E-state index is 14.5. The van der Waals surface area contributed by atoms with Gasteiger partial charge in [-0.25, -0.2) is 14.3 Å². The Balaban J connectivity index is 1.66. The van der Waals surface area contributed by atoms with E-state index in [-0.39, 0.29) is 22.7 Å². The van der Waals surface area contributed by atoms with Crippen LogP contribution in [0, 0.1) is 0 Å². The second-order valence-corrected chi connectivity index (χ2v) is 13.2. The van der Waals surface area contributed by atoms with Crippen molar-refractivity contribution in [1.29, 1.82) is 0 Å². The van der Waals surface area contributed by atoms with Crippen molar-refractivity contribution in [2.24, 2.45) is 0 Å². The van der Waals surface area contributed by atoms with Gasteiger partial charge in [-0.2, -0.15) is 5.10 Å². The number of rotatable bonds is 12. The summed E-state index contributed by atoms with van der Waals surface area (Å²) < 4.78 is 13.2. The van der Waals surface area contributed by atoms with E-state index in [1.54, 1.807) is 48.6 Å². The van der Waals surface area contributed by atoms with Crippen molar-refractivity contribution in [3.63, 3.8) is 0 Å². The molecular formula is C39H45N3O6. The summed E-state index contributed by atoms with van der Waals surface area (Å²) in [4.78, 5) is 42.3. The van der Waals surface area contributed by atoms with Gasteiger partial charge in [0, 0.05) is 24.2 Å². The van der Waals surface area contributed by atoms with Gasteiger partial charge in [0.25, 0.3) is 5.91 Å². The molecule has 4 aromatic rings. The summed E-state index contributed by atoms with van der Waals surface area (Å²) in [6.45, 7) is 11.0. The van der Waals surface area contributed by atoms with Crippen molar-refractivity contribution in [3.05, 3.63) is 100 Å². The fourth-order valence-electron chi connectivity index (χ4n) is 5.93. The van der Waals surface area contributed by atoms with Crippen LogP contribution in [0.5, 0.6) is 5.75 Å². The van der Waals surface area contributed by atoms with Crippen molar-refractivity contribution < 1.29 is 29.0 Å². The number of fused-ring (bicyclic) bond motifs is 1. The average molecular weight is 652 g/mol. The number of benzene rings is 3. The molecule has 0 atom stereocenters. The van der Waals surface area contributed by atoms with Gasteiger partial charge in [-0.05, 0) is 99.5 Å². The van der Waals surface area contributed by atoms with E-state index in [0.29, 0.717) is 55.0 Å². The van der Waals surface area contributed by atoms with Crippen LogP contribution in [0.4, 0.5) is 0 Å². The number of carboxylic acids is 1. The van der Waals surface area contributed by atoms with E-state index in [1.165, 1.54) is 5.56 Å². The van der Waals surface area contributed by atoms with Crippen LogP contribution in [0.1, 0.15) is 108 Å². The zero-order chi connectivity index (χ0) is 34.4. The van der Waals surface area contributed by atoms with Gasteiger partial charge in [0.05, 0.1) is 23.6 Å². The van der Waals surface area contributed by atoms with Gasteiger partial charge in [0.1, 0.15) is 11.4 Å². The Hall–Kier alpha value is -4.92. The first kappa shape index (κ1) is 34.4. The predicted molar refractivity (Wildman–Crippen MR) is 185 cm³/mol. The van der Waals surface area contributed by atoms with Crippen LogP contribution in [0.3, 0.4) is 0 Å². The molecule has 0 unspecified atom stereocenters. The molecule has 1 N–H and O–H groups in total. The largest absolute Gasteiger partial charge is 0.494 e. The quantitative estimate of drug-likeness (QED) is 0.122. The summed E-state index contributed by atoms with van der Waals surface area (Å²) in [5.41, 5.74) is 3.96. The molecule has 252 valence electrons.